The minimum atomic E-state index is -0.223. The Balaban J connectivity index is 1.65. The Hall–Kier alpha value is -3.24. The molecule has 0 bridgehead atoms. The molecule has 0 radical (unpaired) electrons. The lowest BCUT2D eigenvalue weighted by Crippen LogP contribution is -2.07. The molecular weight excluding hydrogens is 372 g/mol. The average molecular weight is 388 g/mol. The molecule has 2 heterocycles. The molecule has 0 amide bonds. The zero-order valence-corrected chi connectivity index (χ0v) is 15.6. The predicted molar refractivity (Wildman–Crippen MR) is 109 cm³/mol. The number of fused-ring (bicyclic) bond motifs is 1. The first-order valence-corrected chi connectivity index (χ1v) is 9.32. The minimum absolute atomic E-state index is 0.223. The van der Waals surface area contributed by atoms with Crippen molar-refractivity contribution in [1.82, 2.24) is 9.71 Å². The summed E-state index contributed by atoms with van der Waals surface area (Å²) in [5.74, 6) is 5.62. The summed E-state index contributed by atoms with van der Waals surface area (Å²) in [4.78, 5) is 10.9. The monoisotopic (exact) mass is 388 g/mol. The Morgan fingerprint density at radius 2 is 1.75 bits per heavy atom. The van der Waals surface area contributed by atoms with Crippen LogP contribution in [0.25, 0.3) is 22.2 Å². The van der Waals surface area contributed by atoms with Gasteiger partial charge in [-0.05, 0) is 23.8 Å². The standard InChI is InChI=1S/C22H16N2O3S/c25-13-7-10-18-16-24(26-27-28-20-11-5-2-6-12-20)22-21(18)14-19(15-23-22)17-8-3-1-4-9-17/h1-6,8-9,11-12,14-16,25H,13H2. The van der Waals surface area contributed by atoms with E-state index in [9.17, 15) is 0 Å². The zero-order chi connectivity index (χ0) is 19.2. The molecule has 0 atom stereocenters. The average Bonchev–Trinajstić information content (AvgIpc) is 3.10. The zero-order valence-electron chi connectivity index (χ0n) is 14.8. The van der Waals surface area contributed by atoms with E-state index in [1.807, 2.05) is 66.7 Å². The third-order valence-electron chi connectivity index (χ3n) is 4.01. The second-order valence-electron chi connectivity index (χ2n) is 5.83. The second kappa shape index (κ2) is 8.63. The SMILES string of the molecule is OCC#Cc1cn(OOSc2ccccc2)c2ncc(-c3ccccc3)cc12. The van der Waals surface area contributed by atoms with Crippen LogP contribution in [0.1, 0.15) is 5.56 Å². The number of aliphatic hydroxyl groups is 1. The molecule has 2 aromatic heterocycles. The van der Waals surface area contributed by atoms with E-state index in [2.05, 4.69) is 16.8 Å². The van der Waals surface area contributed by atoms with E-state index < -0.39 is 0 Å². The van der Waals surface area contributed by atoms with Crippen LogP contribution in [0.2, 0.25) is 0 Å². The summed E-state index contributed by atoms with van der Waals surface area (Å²) in [7, 11) is 0. The number of rotatable bonds is 5. The summed E-state index contributed by atoms with van der Waals surface area (Å²) < 4.78 is 6.72. The van der Waals surface area contributed by atoms with Crippen LogP contribution in [-0.4, -0.2) is 21.4 Å². The van der Waals surface area contributed by atoms with Crippen molar-refractivity contribution in [2.75, 3.05) is 6.61 Å². The van der Waals surface area contributed by atoms with Gasteiger partial charge in [0, 0.05) is 22.0 Å². The van der Waals surface area contributed by atoms with Crippen molar-refractivity contribution in [3.05, 3.63) is 84.7 Å². The Labute approximate surface area is 166 Å². The van der Waals surface area contributed by atoms with Crippen LogP contribution in [0.15, 0.2) is 84.0 Å². The molecule has 4 aromatic rings. The van der Waals surface area contributed by atoms with E-state index >= 15 is 0 Å². The van der Waals surface area contributed by atoms with E-state index in [1.165, 1.54) is 4.73 Å². The summed E-state index contributed by atoms with van der Waals surface area (Å²) in [5, 5.41) is 9.87. The first kappa shape index (κ1) is 18.1. The smallest absolute Gasteiger partial charge is 0.180 e. The van der Waals surface area contributed by atoms with Gasteiger partial charge in [-0.25, -0.2) is 9.97 Å². The molecule has 0 saturated heterocycles. The molecule has 5 nitrogen and oxygen atoms in total. The molecule has 6 heteroatoms. The molecule has 1 N–H and O–H groups in total. The quantitative estimate of drug-likeness (QED) is 0.241. The number of hydrogen-bond donors (Lipinski definition) is 1. The van der Waals surface area contributed by atoms with Crippen molar-refractivity contribution in [2.45, 2.75) is 4.90 Å². The maximum atomic E-state index is 9.05. The number of hydrogen-bond acceptors (Lipinski definition) is 5. The highest BCUT2D eigenvalue weighted by Crippen LogP contribution is 2.26. The maximum absolute atomic E-state index is 9.05. The summed E-state index contributed by atoms with van der Waals surface area (Å²) in [6.07, 6.45) is 3.48. The number of nitrogens with zero attached hydrogens (tertiary/aromatic N) is 2. The van der Waals surface area contributed by atoms with Crippen molar-refractivity contribution in [1.29, 1.82) is 0 Å². The van der Waals surface area contributed by atoms with Gasteiger partial charge in [0.25, 0.3) is 0 Å². The van der Waals surface area contributed by atoms with Crippen molar-refractivity contribution < 1.29 is 14.4 Å². The fourth-order valence-corrected chi connectivity index (χ4v) is 3.17. The van der Waals surface area contributed by atoms with Gasteiger partial charge >= 0.3 is 0 Å². The largest absolute Gasteiger partial charge is 0.384 e. The lowest BCUT2D eigenvalue weighted by atomic mass is 10.1. The van der Waals surface area contributed by atoms with Crippen molar-refractivity contribution in [3.8, 4) is 23.0 Å². The van der Waals surface area contributed by atoms with Gasteiger partial charge in [-0.3, -0.25) is 0 Å². The maximum Gasteiger partial charge on any atom is 0.180 e. The second-order valence-corrected chi connectivity index (χ2v) is 6.60. The number of pyridine rings is 1. The molecule has 0 aliphatic heterocycles. The molecule has 0 aliphatic rings. The van der Waals surface area contributed by atoms with Gasteiger partial charge in [-0.2, -0.15) is 0 Å². The third kappa shape index (κ3) is 4.02. The molecule has 0 unspecified atom stereocenters. The van der Waals surface area contributed by atoms with E-state index in [-0.39, 0.29) is 6.61 Å². The highest BCUT2D eigenvalue weighted by atomic mass is 32.2. The van der Waals surface area contributed by atoms with Crippen LogP contribution in [0, 0.1) is 11.8 Å². The normalized spacial score (nSPS) is 10.5. The number of benzene rings is 2. The highest BCUT2D eigenvalue weighted by molar-refractivity contribution is 7.94. The van der Waals surface area contributed by atoms with E-state index in [0.29, 0.717) is 11.2 Å². The Kier molecular flexibility index (Phi) is 5.59. The predicted octanol–water partition coefficient (Wildman–Crippen LogP) is 4.11. The van der Waals surface area contributed by atoms with Gasteiger partial charge in [0.1, 0.15) is 6.61 Å². The van der Waals surface area contributed by atoms with E-state index in [4.69, 9.17) is 14.4 Å². The summed E-state index contributed by atoms with van der Waals surface area (Å²) in [6.45, 7) is -0.223. The Morgan fingerprint density at radius 1 is 1.00 bits per heavy atom. The van der Waals surface area contributed by atoms with Crippen molar-refractivity contribution >= 4 is 23.1 Å². The molecule has 0 saturated carbocycles. The third-order valence-corrected chi connectivity index (χ3v) is 4.60. The summed E-state index contributed by atoms with van der Waals surface area (Å²) >= 11 is 1.10. The topological polar surface area (TPSA) is 56.5 Å². The molecule has 2 aromatic carbocycles. The first-order chi connectivity index (χ1) is 13.8. The first-order valence-electron chi connectivity index (χ1n) is 8.58. The van der Waals surface area contributed by atoms with Gasteiger partial charge in [-0.15, -0.1) is 4.73 Å². The summed E-state index contributed by atoms with van der Waals surface area (Å²) in [5.41, 5.74) is 3.30. The molecule has 0 spiro atoms. The van der Waals surface area contributed by atoms with Crippen LogP contribution >= 0.6 is 12.0 Å². The van der Waals surface area contributed by atoms with Crippen molar-refractivity contribution in [3.63, 3.8) is 0 Å². The molecule has 0 fully saturated rings. The van der Waals surface area contributed by atoms with Gasteiger partial charge in [0.2, 0.25) is 0 Å². The number of aliphatic hydroxyl groups excluding tert-OH is 1. The molecule has 28 heavy (non-hydrogen) atoms. The van der Waals surface area contributed by atoms with Crippen LogP contribution in [0.3, 0.4) is 0 Å². The Morgan fingerprint density at radius 3 is 2.50 bits per heavy atom. The van der Waals surface area contributed by atoms with E-state index in [0.717, 1.165) is 33.5 Å². The lowest BCUT2D eigenvalue weighted by Gasteiger charge is -2.05. The Bertz CT molecular complexity index is 1130. The van der Waals surface area contributed by atoms with Crippen LogP contribution < -0.4 is 4.99 Å². The highest BCUT2D eigenvalue weighted by Gasteiger charge is 2.12. The number of aromatic nitrogens is 2. The molecule has 0 aliphatic carbocycles. The van der Waals surface area contributed by atoms with Crippen molar-refractivity contribution in [2.24, 2.45) is 0 Å². The van der Waals surface area contributed by atoms with Gasteiger partial charge in [-0.1, -0.05) is 64.7 Å². The van der Waals surface area contributed by atoms with E-state index in [1.54, 1.807) is 12.4 Å². The molecule has 138 valence electrons. The van der Waals surface area contributed by atoms with Gasteiger partial charge in [0.05, 0.1) is 23.8 Å². The fourth-order valence-electron chi connectivity index (χ4n) is 2.72. The van der Waals surface area contributed by atoms with Gasteiger partial charge < -0.3 is 5.11 Å². The van der Waals surface area contributed by atoms with Crippen LogP contribution in [-0.2, 0) is 4.33 Å². The molecular formula is C22H16N2O3S. The van der Waals surface area contributed by atoms with Crippen LogP contribution in [0.4, 0.5) is 0 Å². The molecule has 4 rings (SSSR count). The van der Waals surface area contributed by atoms with Crippen LogP contribution in [0.5, 0.6) is 0 Å². The fraction of sp³-hybridized carbons (Fsp3) is 0.0455. The summed E-state index contributed by atoms with van der Waals surface area (Å²) in [6, 6.07) is 21.6. The van der Waals surface area contributed by atoms with Gasteiger partial charge in [0.15, 0.2) is 5.65 Å². The minimum Gasteiger partial charge on any atom is -0.384 e. The lowest BCUT2D eigenvalue weighted by molar-refractivity contribution is -0.188.